The van der Waals surface area contributed by atoms with Crippen LogP contribution in [0.4, 0.5) is 0 Å². The second kappa shape index (κ2) is 5.51. The number of nitrogens with zero attached hydrogens (tertiary/aromatic N) is 2. The van der Waals surface area contributed by atoms with Crippen LogP contribution in [0.1, 0.15) is 12.2 Å². The van der Waals surface area contributed by atoms with Crippen LogP contribution in [0.5, 0.6) is 5.75 Å². The monoisotopic (exact) mass is 297 g/mol. The fourth-order valence-corrected chi connectivity index (χ4v) is 2.48. The molecule has 0 saturated heterocycles. The summed E-state index contributed by atoms with van der Waals surface area (Å²) >= 11 is 3.49. The fourth-order valence-electron chi connectivity index (χ4n) is 1.89. The van der Waals surface area contributed by atoms with Crippen molar-refractivity contribution in [2.45, 2.75) is 12.8 Å². The summed E-state index contributed by atoms with van der Waals surface area (Å²) in [5.74, 6) is 1.90. The first-order valence-electron chi connectivity index (χ1n) is 5.62. The van der Waals surface area contributed by atoms with Crippen molar-refractivity contribution < 1.29 is 4.74 Å². The van der Waals surface area contributed by atoms with Gasteiger partial charge in [0.1, 0.15) is 21.7 Å². The van der Waals surface area contributed by atoms with Gasteiger partial charge in [-0.05, 0) is 48.1 Å². The molecule has 0 radical (unpaired) electrons. The summed E-state index contributed by atoms with van der Waals surface area (Å²) in [6.07, 6.45) is 4.03. The van der Waals surface area contributed by atoms with Crippen LogP contribution in [-0.4, -0.2) is 30.1 Å². The van der Waals surface area contributed by atoms with Crippen molar-refractivity contribution in [1.82, 2.24) is 14.7 Å². The summed E-state index contributed by atoms with van der Waals surface area (Å²) in [6.45, 7) is 0.997. The van der Waals surface area contributed by atoms with Crippen LogP contribution in [0.25, 0.3) is 5.52 Å². The van der Waals surface area contributed by atoms with E-state index in [4.69, 9.17) is 4.74 Å². The zero-order valence-electron chi connectivity index (χ0n) is 10.0. The van der Waals surface area contributed by atoms with Crippen molar-refractivity contribution >= 4 is 21.4 Å². The minimum Gasteiger partial charge on any atom is -0.494 e. The minimum absolute atomic E-state index is 0.840. The molecule has 2 rings (SSSR count). The number of hydrogen-bond acceptors (Lipinski definition) is 3. The van der Waals surface area contributed by atoms with Crippen LogP contribution < -0.4 is 10.1 Å². The van der Waals surface area contributed by atoms with Crippen molar-refractivity contribution in [3.05, 3.63) is 28.8 Å². The van der Waals surface area contributed by atoms with Gasteiger partial charge in [0.2, 0.25) is 0 Å². The third kappa shape index (κ3) is 2.45. The summed E-state index contributed by atoms with van der Waals surface area (Å²) in [6, 6.07) is 3.92. The molecule has 0 bridgehead atoms. The van der Waals surface area contributed by atoms with E-state index in [0.29, 0.717) is 0 Å². The first-order chi connectivity index (χ1) is 8.27. The molecule has 0 fully saturated rings. The van der Waals surface area contributed by atoms with Gasteiger partial charge < -0.3 is 10.1 Å². The van der Waals surface area contributed by atoms with E-state index in [-0.39, 0.29) is 0 Å². The van der Waals surface area contributed by atoms with Gasteiger partial charge in [-0.15, -0.1) is 0 Å². The number of imidazole rings is 1. The lowest BCUT2D eigenvalue weighted by atomic mass is 10.3. The van der Waals surface area contributed by atoms with Crippen LogP contribution in [0.15, 0.2) is 22.9 Å². The summed E-state index contributed by atoms with van der Waals surface area (Å²) in [7, 11) is 3.64. The molecular weight excluding hydrogens is 282 g/mol. The largest absolute Gasteiger partial charge is 0.494 e. The Hall–Kier alpha value is -1.07. The molecule has 1 N–H and O–H groups in total. The third-order valence-corrected chi connectivity index (χ3v) is 3.26. The summed E-state index contributed by atoms with van der Waals surface area (Å²) in [4.78, 5) is 4.54. The molecule has 2 heterocycles. The lowest BCUT2D eigenvalue weighted by molar-refractivity contribution is 0.417. The molecule has 0 amide bonds. The first-order valence-corrected chi connectivity index (χ1v) is 6.41. The molecule has 92 valence electrons. The molecule has 2 aromatic heterocycles. The normalized spacial score (nSPS) is 11.0. The highest BCUT2D eigenvalue weighted by atomic mass is 79.9. The standard InChI is InChI=1S/C12H16BrN3O/c1-14-7-3-6-10-15-12(13)11-9(17-2)5-4-8-16(10)11/h4-5,8,14H,3,6-7H2,1-2H3. The lowest BCUT2D eigenvalue weighted by Gasteiger charge is -2.04. The zero-order valence-corrected chi connectivity index (χ0v) is 11.6. The van der Waals surface area contributed by atoms with Crippen molar-refractivity contribution in [3.8, 4) is 5.75 Å². The summed E-state index contributed by atoms with van der Waals surface area (Å²) in [5.41, 5.74) is 0.995. The number of aryl methyl sites for hydroxylation is 1. The molecule has 0 aliphatic rings. The highest BCUT2D eigenvalue weighted by Crippen LogP contribution is 2.28. The predicted octanol–water partition coefficient (Wildman–Crippen LogP) is 2.26. The Labute approximate surface area is 109 Å². The molecule has 17 heavy (non-hydrogen) atoms. The van der Waals surface area contributed by atoms with Gasteiger partial charge in [-0.1, -0.05) is 0 Å². The van der Waals surface area contributed by atoms with Crippen molar-refractivity contribution in [1.29, 1.82) is 0 Å². The van der Waals surface area contributed by atoms with E-state index < -0.39 is 0 Å². The van der Waals surface area contributed by atoms with Gasteiger partial charge in [-0.25, -0.2) is 4.98 Å². The third-order valence-electron chi connectivity index (χ3n) is 2.70. The molecule has 0 saturated carbocycles. The highest BCUT2D eigenvalue weighted by Gasteiger charge is 2.12. The van der Waals surface area contributed by atoms with Gasteiger partial charge in [0, 0.05) is 12.6 Å². The number of fused-ring (bicyclic) bond motifs is 1. The number of hydrogen-bond donors (Lipinski definition) is 1. The minimum atomic E-state index is 0.840. The summed E-state index contributed by atoms with van der Waals surface area (Å²) < 4.78 is 8.27. The van der Waals surface area contributed by atoms with Crippen LogP contribution in [0.3, 0.4) is 0 Å². The lowest BCUT2D eigenvalue weighted by Crippen LogP contribution is -2.09. The van der Waals surface area contributed by atoms with Crippen LogP contribution >= 0.6 is 15.9 Å². The Balaban J connectivity index is 2.38. The smallest absolute Gasteiger partial charge is 0.145 e. The van der Waals surface area contributed by atoms with E-state index in [9.17, 15) is 0 Å². The van der Waals surface area contributed by atoms with E-state index in [1.807, 2.05) is 25.4 Å². The Morgan fingerprint density at radius 1 is 1.53 bits per heavy atom. The molecule has 0 unspecified atom stereocenters. The number of ether oxygens (including phenoxy) is 1. The molecular formula is C12H16BrN3O. The van der Waals surface area contributed by atoms with Crippen LogP contribution in [0, 0.1) is 0 Å². The average Bonchev–Trinajstić information content (AvgIpc) is 2.67. The second-order valence-electron chi connectivity index (χ2n) is 3.82. The zero-order chi connectivity index (χ0) is 12.3. The predicted molar refractivity (Wildman–Crippen MR) is 71.7 cm³/mol. The van der Waals surface area contributed by atoms with E-state index in [1.165, 1.54) is 0 Å². The number of halogens is 1. The molecule has 0 atom stereocenters. The molecule has 4 nitrogen and oxygen atoms in total. The first kappa shape index (κ1) is 12.4. The van der Waals surface area contributed by atoms with E-state index in [0.717, 1.165) is 41.1 Å². The maximum absolute atomic E-state index is 5.34. The molecule has 0 aromatic carbocycles. The Bertz CT molecular complexity index is 510. The van der Waals surface area contributed by atoms with Crippen LogP contribution in [0.2, 0.25) is 0 Å². The molecule has 2 aromatic rings. The summed E-state index contributed by atoms with van der Waals surface area (Å²) in [5, 5.41) is 3.14. The van der Waals surface area contributed by atoms with Crippen molar-refractivity contribution in [2.24, 2.45) is 0 Å². The molecule has 0 aliphatic carbocycles. The van der Waals surface area contributed by atoms with E-state index in [2.05, 4.69) is 30.6 Å². The number of rotatable bonds is 5. The maximum Gasteiger partial charge on any atom is 0.145 e. The van der Waals surface area contributed by atoms with Crippen LogP contribution in [-0.2, 0) is 6.42 Å². The Morgan fingerprint density at radius 2 is 2.35 bits per heavy atom. The quantitative estimate of drug-likeness (QED) is 0.861. The van der Waals surface area contributed by atoms with Crippen molar-refractivity contribution in [3.63, 3.8) is 0 Å². The topological polar surface area (TPSA) is 38.6 Å². The molecule has 0 spiro atoms. The number of nitrogens with one attached hydrogen (secondary N) is 1. The van der Waals surface area contributed by atoms with Gasteiger partial charge >= 0.3 is 0 Å². The highest BCUT2D eigenvalue weighted by molar-refractivity contribution is 9.10. The van der Waals surface area contributed by atoms with E-state index >= 15 is 0 Å². The Kier molecular flexibility index (Phi) is 4.02. The average molecular weight is 298 g/mol. The van der Waals surface area contributed by atoms with Gasteiger partial charge in [0.25, 0.3) is 0 Å². The molecule has 0 aliphatic heterocycles. The van der Waals surface area contributed by atoms with Gasteiger partial charge in [-0.3, -0.25) is 4.40 Å². The number of methoxy groups -OCH3 is 1. The second-order valence-corrected chi connectivity index (χ2v) is 4.57. The SMILES string of the molecule is CNCCCc1nc(Br)c2c(OC)cccn12. The van der Waals surface area contributed by atoms with Crippen molar-refractivity contribution in [2.75, 3.05) is 20.7 Å². The van der Waals surface area contributed by atoms with Gasteiger partial charge in [0.05, 0.1) is 7.11 Å². The van der Waals surface area contributed by atoms with Gasteiger partial charge in [0.15, 0.2) is 0 Å². The Morgan fingerprint density at radius 3 is 3.06 bits per heavy atom. The van der Waals surface area contributed by atoms with E-state index in [1.54, 1.807) is 7.11 Å². The van der Waals surface area contributed by atoms with Gasteiger partial charge in [-0.2, -0.15) is 0 Å². The fraction of sp³-hybridized carbons (Fsp3) is 0.417. The number of pyridine rings is 1. The molecule has 5 heteroatoms. The maximum atomic E-state index is 5.34. The number of aromatic nitrogens is 2.